The molecule has 0 unspecified atom stereocenters. The number of hydrogen-bond donors (Lipinski definition) is 3. The Labute approximate surface area is 153 Å². The van der Waals surface area contributed by atoms with E-state index in [1.165, 1.54) is 4.70 Å². The zero-order valence-electron chi connectivity index (χ0n) is 13.1. The molecule has 1 heterocycles. The molecule has 0 aliphatic heterocycles. The molecule has 0 saturated heterocycles. The van der Waals surface area contributed by atoms with E-state index < -0.39 is 0 Å². The van der Waals surface area contributed by atoms with E-state index in [1.807, 2.05) is 18.2 Å². The maximum absolute atomic E-state index is 4.55. The fourth-order valence-corrected chi connectivity index (χ4v) is 2.75. The van der Waals surface area contributed by atoms with E-state index in [0.29, 0.717) is 0 Å². The van der Waals surface area contributed by atoms with Gasteiger partial charge in [0.1, 0.15) is 0 Å². The van der Waals surface area contributed by atoms with Crippen LogP contribution in [0.4, 0.5) is 5.13 Å². The van der Waals surface area contributed by atoms with Crippen molar-refractivity contribution in [3.05, 3.63) is 24.3 Å². The van der Waals surface area contributed by atoms with E-state index >= 15 is 0 Å². The van der Waals surface area contributed by atoms with Crippen molar-refractivity contribution >= 4 is 56.6 Å². The first kappa shape index (κ1) is 19.0. The molecule has 2 rings (SSSR count). The van der Waals surface area contributed by atoms with Gasteiger partial charge >= 0.3 is 0 Å². The highest BCUT2D eigenvalue weighted by Crippen LogP contribution is 2.24. The Kier molecular flexibility index (Phi) is 9.14. The highest BCUT2D eigenvalue weighted by atomic mass is 127. The van der Waals surface area contributed by atoms with Crippen molar-refractivity contribution in [2.75, 3.05) is 31.5 Å². The van der Waals surface area contributed by atoms with E-state index in [1.54, 1.807) is 11.3 Å². The summed E-state index contributed by atoms with van der Waals surface area (Å²) in [4.78, 5) is 9.01. The standard InChI is InChI=1S/C15H23N5S.HI/c1-3-9-17-14(16-4-2)18-10-11-19-15-20-12-7-5-6-8-13(12)21-15;/h5-8H,3-4,9-11H2,1-2H3,(H,19,20)(H2,16,17,18);1H. The summed E-state index contributed by atoms with van der Waals surface area (Å²) in [6.45, 7) is 7.55. The summed E-state index contributed by atoms with van der Waals surface area (Å²) in [7, 11) is 0. The van der Waals surface area contributed by atoms with Crippen molar-refractivity contribution in [1.29, 1.82) is 0 Å². The Bertz CT molecular complexity index is 551. The fourth-order valence-electron chi connectivity index (χ4n) is 1.86. The van der Waals surface area contributed by atoms with Gasteiger partial charge in [-0.1, -0.05) is 30.4 Å². The minimum absolute atomic E-state index is 0. The predicted molar refractivity (Wildman–Crippen MR) is 108 cm³/mol. The molecule has 7 heteroatoms. The van der Waals surface area contributed by atoms with Crippen LogP contribution >= 0.6 is 35.3 Å². The number of rotatable bonds is 7. The Balaban J connectivity index is 0.00000242. The Morgan fingerprint density at radius 2 is 2.00 bits per heavy atom. The van der Waals surface area contributed by atoms with E-state index in [0.717, 1.165) is 49.2 Å². The van der Waals surface area contributed by atoms with Crippen LogP contribution in [-0.4, -0.2) is 37.1 Å². The zero-order valence-corrected chi connectivity index (χ0v) is 16.2. The van der Waals surface area contributed by atoms with E-state index in [2.05, 4.69) is 45.8 Å². The number of guanidine groups is 1. The summed E-state index contributed by atoms with van der Waals surface area (Å²) in [6, 6.07) is 8.19. The number of para-hydroxylation sites is 1. The number of fused-ring (bicyclic) bond motifs is 1. The topological polar surface area (TPSA) is 61.3 Å². The van der Waals surface area contributed by atoms with Crippen molar-refractivity contribution < 1.29 is 0 Å². The lowest BCUT2D eigenvalue weighted by molar-refractivity contribution is 0.811. The largest absolute Gasteiger partial charge is 0.360 e. The molecule has 0 saturated carbocycles. The van der Waals surface area contributed by atoms with Crippen molar-refractivity contribution in [3.8, 4) is 0 Å². The van der Waals surface area contributed by atoms with Crippen LogP contribution < -0.4 is 16.0 Å². The van der Waals surface area contributed by atoms with Gasteiger partial charge in [0, 0.05) is 26.2 Å². The molecule has 1 aromatic heterocycles. The molecule has 5 nitrogen and oxygen atoms in total. The van der Waals surface area contributed by atoms with Crippen LogP contribution in [0, 0.1) is 0 Å². The summed E-state index contributed by atoms with van der Waals surface area (Å²) in [5, 5.41) is 10.9. The maximum Gasteiger partial charge on any atom is 0.191 e. The van der Waals surface area contributed by atoms with Crippen molar-refractivity contribution in [1.82, 2.24) is 15.6 Å². The van der Waals surface area contributed by atoms with Crippen LogP contribution in [0.1, 0.15) is 20.3 Å². The van der Waals surface area contributed by atoms with E-state index in [4.69, 9.17) is 0 Å². The van der Waals surface area contributed by atoms with Gasteiger partial charge in [0.25, 0.3) is 0 Å². The first-order valence-corrected chi connectivity index (χ1v) is 8.26. The number of aliphatic imine (C=N–C) groups is 1. The third-order valence-corrected chi connectivity index (χ3v) is 3.82. The molecular formula is C15H24IN5S. The van der Waals surface area contributed by atoms with Crippen molar-refractivity contribution in [2.45, 2.75) is 20.3 Å². The normalized spacial score (nSPS) is 11.1. The average Bonchev–Trinajstić information content (AvgIpc) is 2.91. The third-order valence-electron chi connectivity index (χ3n) is 2.83. The van der Waals surface area contributed by atoms with Crippen LogP contribution in [0.3, 0.4) is 0 Å². The van der Waals surface area contributed by atoms with Crippen molar-refractivity contribution in [3.63, 3.8) is 0 Å². The summed E-state index contributed by atoms with van der Waals surface area (Å²) >= 11 is 1.68. The molecular weight excluding hydrogens is 409 g/mol. The minimum Gasteiger partial charge on any atom is -0.360 e. The van der Waals surface area contributed by atoms with E-state index in [9.17, 15) is 0 Å². The molecule has 0 amide bonds. The van der Waals surface area contributed by atoms with Crippen molar-refractivity contribution in [2.24, 2.45) is 4.99 Å². The van der Waals surface area contributed by atoms with Gasteiger partial charge in [-0.2, -0.15) is 0 Å². The summed E-state index contributed by atoms with van der Waals surface area (Å²) in [5.41, 5.74) is 1.05. The summed E-state index contributed by atoms with van der Waals surface area (Å²) < 4.78 is 1.21. The molecule has 0 aliphatic carbocycles. The second kappa shape index (κ2) is 10.6. The zero-order chi connectivity index (χ0) is 14.9. The van der Waals surface area contributed by atoms with Gasteiger partial charge in [0.05, 0.1) is 10.2 Å². The molecule has 0 atom stereocenters. The monoisotopic (exact) mass is 433 g/mol. The third kappa shape index (κ3) is 5.96. The summed E-state index contributed by atoms with van der Waals surface area (Å²) in [5.74, 6) is 0.880. The van der Waals surface area contributed by atoms with E-state index in [-0.39, 0.29) is 24.0 Å². The first-order chi connectivity index (χ1) is 10.3. The molecule has 3 N–H and O–H groups in total. The highest BCUT2D eigenvalue weighted by Gasteiger charge is 2.02. The number of nitrogens with one attached hydrogen (secondary N) is 3. The van der Waals surface area contributed by atoms with Crippen LogP contribution in [0.5, 0.6) is 0 Å². The lowest BCUT2D eigenvalue weighted by Gasteiger charge is -2.11. The predicted octanol–water partition coefficient (Wildman–Crippen LogP) is 3.29. The number of benzene rings is 1. The van der Waals surface area contributed by atoms with Gasteiger partial charge < -0.3 is 16.0 Å². The molecule has 1 aromatic carbocycles. The molecule has 0 bridgehead atoms. The molecule has 0 spiro atoms. The molecule has 0 radical (unpaired) electrons. The second-order valence-corrected chi connectivity index (χ2v) is 5.63. The Hall–Kier alpha value is -1.09. The van der Waals surface area contributed by atoms with Gasteiger partial charge in [0.2, 0.25) is 0 Å². The maximum atomic E-state index is 4.55. The fraction of sp³-hybridized carbons (Fsp3) is 0.467. The Morgan fingerprint density at radius 3 is 2.73 bits per heavy atom. The lowest BCUT2D eigenvalue weighted by atomic mass is 10.3. The number of hydrogen-bond acceptors (Lipinski definition) is 4. The Morgan fingerprint density at radius 1 is 1.18 bits per heavy atom. The molecule has 0 aliphatic rings. The number of halogens is 1. The highest BCUT2D eigenvalue weighted by molar-refractivity contribution is 14.0. The van der Waals surface area contributed by atoms with Gasteiger partial charge in [-0.05, 0) is 25.5 Å². The number of thiazole rings is 1. The molecule has 22 heavy (non-hydrogen) atoms. The second-order valence-electron chi connectivity index (χ2n) is 4.60. The lowest BCUT2D eigenvalue weighted by Crippen LogP contribution is -2.39. The summed E-state index contributed by atoms with van der Waals surface area (Å²) in [6.07, 6.45) is 1.06. The number of nitrogens with zero attached hydrogens (tertiary/aromatic N) is 2. The molecule has 2 aromatic rings. The quantitative estimate of drug-likeness (QED) is 0.272. The first-order valence-electron chi connectivity index (χ1n) is 7.45. The number of aromatic nitrogens is 1. The van der Waals surface area contributed by atoms with Gasteiger partial charge in [-0.3, -0.25) is 4.99 Å². The SMILES string of the molecule is CCCN=C(NCC)NCCNc1nc2ccccc2s1.I. The van der Waals surface area contributed by atoms with Crippen LogP contribution in [0.15, 0.2) is 29.3 Å². The average molecular weight is 433 g/mol. The van der Waals surface area contributed by atoms with Gasteiger partial charge in [-0.25, -0.2) is 4.98 Å². The van der Waals surface area contributed by atoms with Crippen LogP contribution in [0.2, 0.25) is 0 Å². The van der Waals surface area contributed by atoms with Crippen LogP contribution in [0.25, 0.3) is 10.2 Å². The molecule has 0 fully saturated rings. The number of anilines is 1. The smallest absolute Gasteiger partial charge is 0.191 e. The van der Waals surface area contributed by atoms with Crippen LogP contribution in [-0.2, 0) is 0 Å². The van der Waals surface area contributed by atoms with Gasteiger partial charge in [0.15, 0.2) is 11.1 Å². The van der Waals surface area contributed by atoms with Gasteiger partial charge in [-0.15, -0.1) is 24.0 Å². The minimum atomic E-state index is 0. The molecule has 122 valence electrons.